The summed E-state index contributed by atoms with van der Waals surface area (Å²) in [4.78, 5) is 11.5. The zero-order valence-electron chi connectivity index (χ0n) is 11.2. The highest BCUT2D eigenvalue weighted by Gasteiger charge is 2.17. The molecule has 0 bridgehead atoms. The van der Waals surface area contributed by atoms with Gasteiger partial charge in [0, 0.05) is 12.1 Å². The standard InChI is InChI=1S/C15H17NO4/c1-19-15(18)14-12(7-8-20-14)9-16-13(10-17)11-5-3-2-4-6-11/h2-8,13,16-17H,9-10H2,1H3/t13-/m1/s1. The number of ether oxygens (including phenoxy) is 1. The molecule has 0 fully saturated rings. The van der Waals surface area contributed by atoms with E-state index >= 15 is 0 Å². The number of carbonyl (C=O) groups excluding carboxylic acids is 1. The van der Waals surface area contributed by atoms with E-state index in [1.807, 2.05) is 30.3 Å². The van der Waals surface area contributed by atoms with Crippen molar-refractivity contribution in [1.29, 1.82) is 0 Å². The van der Waals surface area contributed by atoms with Crippen LogP contribution in [0, 0.1) is 0 Å². The average molecular weight is 275 g/mol. The van der Waals surface area contributed by atoms with Crippen LogP contribution in [0.15, 0.2) is 47.1 Å². The summed E-state index contributed by atoms with van der Waals surface area (Å²) in [5.41, 5.74) is 1.68. The number of esters is 1. The highest BCUT2D eigenvalue weighted by atomic mass is 16.5. The second-order valence-corrected chi connectivity index (χ2v) is 4.29. The van der Waals surface area contributed by atoms with Gasteiger partial charge in [0.15, 0.2) is 0 Å². The third kappa shape index (κ3) is 3.26. The second-order valence-electron chi connectivity index (χ2n) is 4.29. The molecule has 0 amide bonds. The minimum atomic E-state index is -0.507. The van der Waals surface area contributed by atoms with Gasteiger partial charge in [-0.3, -0.25) is 0 Å². The number of methoxy groups -OCH3 is 1. The Kier molecular flexibility index (Phi) is 4.92. The number of hydrogen-bond acceptors (Lipinski definition) is 5. The maximum Gasteiger partial charge on any atom is 0.374 e. The highest BCUT2D eigenvalue weighted by Crippen LogP contribution is 2.16. The number of carbonyl (C=O) groups is 1. The predicted molar refractivity (Wildman–Crippen MR) is 73.2 cm³/mol. The quantitative estimate of drug-likeness (QED) is 0.788. The normalized spacial score (nSPS) is 12.1. The van der Waals surface area contributed by atoms with Gasteiger partial charge in [0.1, 0.15) is 0 Å². The third-order valence-electron chi connectivity index (χ3n) is 3.04. The van der Waals surface area contributed by atoms with E-state index in [4.69, 9.17) is 4.42 Å². The minimum absolute atomic E-state index is 0.0323. The number of rotatable bonds is 6. The Labute approximate surface area is 117 Å². The number of benzene rings is 1. The van der Waals surface area contributed by atoms with Crippen LogP contribution in [-0.4, -0.2) is 24.8 Å². The van der Waals surface area contributed by atoms with Crippen LogP contribution < -0.4 is 5.32 Å². The van der Waals surface area contributed by atoms with Gasteiger partial charge in [0.05, 0.1) is 26.0 Å². The predicted octanol–water partition coefficient (Wildman–Crippen LogP) is 1.89. The van der Waals surface area contributed by atoms with Crippen molar-refractivity contribution in [2.75, 3.05) is 13.7 Å². The van der Waals surface area contributed by atoms with Gasteiger partial charge in [-0.15, -0.1) is 0 Å². The molecule has 1 aromatic carbocycles. The van der Waals surface area contributed by atoms with Gasteiger partial charge >= 0.3 is 5.97 Å². The van der Waals surface area contributed by atoms with Gasteiger partial charge in [-0.05, 0) is 11.6 Å². The van der Waals surface area contributed by atoms with Gasteiger partial charge < -0.3 is 19.6 Å². The Bertz CT molecular complexity index is 550. The second kappa shape index (κ2) is 6.88. The summed E-state index contributed by atoms with van der Waals surface area (Å²) < 4.78 is 9.76. The lowest BCUT2D eigenvalue weighted by Crippen LogP contribution is -2.24. The third-order valence-corrected chi connectivity index (χ3v) is 3.04. The lowest BCUT2D eigenvalue weighted by molar-refractivity contribution is 0.0563. The van der Waals surface area contributed by atoms with E-state index in [2.05, 4.69) is 10.1 Å². The molecule has 0 aliphatic carbocycles. The summed E-state index contributed by atoms with van der Waals surface area (Å²) in [6, 6.07) is 11.1. The molecule has 0 spiro atoms. The first kappa shape index (κ1) is 14.3. The Hall–Kier alpha value is -2.11. The van der Waals surface area contributed by atoms with Crippen molar-refractivity contribution in [1.82, 2.24) is 5.32 Å². The monoisotopic (exact) mass is 275 g/mol. The molecule has 1 aromatic heterocycles. The Balaban J connectivity index is 2.04. The van der Waals surface area contributed by atoms with E-state index in [0.29, 0.717) is 12.1 Å². The molecule has 0 radical (unpaired) electrons. The molecule has 20 heavy (non-hydrogen) atoms. The van der Waals surface area contributed by atoms with Crippen LogP contribution in [0.25, 0.3) is 0 Å². The van der Waals surface area contributed by atoms with Crippen molar-refractivity contribution in [2.45, 2.75) is 12.6 Å². The van der Waals surface area contributed by atoms with Crippen molar-refractivity contribution in [3.63, 3.8) is 0 Å². The fourth-order valence-electron chi connectivity index (χ4n) is 1.95. The topological polar surface area (TPSA) is 71.7 Å². The van der Waals surface area contributed by atoms with E-state index in [9.17, 15) is 9.90 Å². The number of furan rings is 1. The molecule has 5 nitrogen and oxygen atoms in total. The first-order chi connectivity index (χ1) is 9.76. The van der Waals surface area contributed by atoms with E-state index in [1.54, 1.807) is 6.07 Å². The maximum absolute atomic E-state index is 11.5. The molecule has 2 rings (SSSR count). The van der Waals surface area contributed by atoms with E-state index < -0.39 is 5.97 Å². The van der Waals surface area contributed by atoms with Gasteiger partial charge in [-0.25, -0.2) is 4.79 Å². The molecule has 0 saturated carbocycles. The molecule has 0 unspecified atom stereocenters. The number of nitrogens with one attached hydrogen (secondary N) is 1. The molecule has 1 atom stereocenters. The molecule has 0 aliphatic heterocycles. The van der Waals surface area contributed by atoms with Gasteiger partial charge in [-0.1, -0.05) is 30.3 Å². The first-order valence-corrected chi connectivity index (χ1v) is 6.30. The molecular weight excluding hydrogens is 258 g/mol. The van der Waals surface area contributed by atoms with E-state index in [0.717, 1.165) is 5.56 Å². The number of aliphatic hydroxyl groups is 1. The molecule has 2 aromatic rings. The van der Waals surface area contributed by atoms with Crippen molar-refractivity contribution in [3.8, 4) is 0 Å². The van der Waals surface area contributed by atoms with Crippen molar-refractivity contribution < 1.29 is 19.1 Å². The fraction of sp³-hybridized carbons (Fsp3) is 0.267. The lowest BCUT2D eigenvalue weighted by Gasteiger charge is -2.16. The van der Waals surface area contributed by atoms with Crippen molar-refractivity contribution in [3.05, 3.63) is 59.5 Å². The Morgan fingerprint density at radius 3 is 2.75 bits per heavy atom. The summed E-state index contributed by atoms with van der Waals surface area (Å²) in [5, 5.41) is 12.6. The van der Waals surface area contributed by atoms with Crippen LogP contribution in [0.2, 0.25) is 0 Å². The van der Waals surface area contributed by atoms with Crippen LogP contribution in [0.1, 0.15) is 27.7 Å². The summed E-state index contributed by atoms with van der Waals surface area (Å²) in [7, 11) is 1.31. The van der Waals surface area contributed by atoms with Gasteiger partial charge in [-0.2, -0.15) is 0 Å². The largest absolute Gasteiger partial charge is 0.463 e. The van der Waals surface area contributed by atoms with Crippen LogP contribution in [0.5, 0.6) is 0 Å². The molecule has 2 N–H and O–H groups in total. The van der Waals surface area contributed by atoms with Crippen LogP contribution in [0.4, 0.5) is 0 Å². The lowest BCUT2D eigenvalue weighted by atomic mass is 10.1. The van der Waals surface area contributed by atoms with Crippen LogP contribution in [0.3, 0.4) is 0 Å². The zero-order chi connectivity index (χ0) is 14.4. The maximum atomic E-state index is 11.5. The van der Waals surface area contributed by atoms with Gasteiger partial charge in [0.25, 0.3) is 0 Å². The van der Waals surface area contributed by atoms with Crippen LogP contribution >= 0.6 is 0 Å². The summed E-state index contributed by atoms with van der Waals surface area (Å²) >= 11 is 0. The molecule has 0 saturated heterocycles. The fourth-order valence-corrected chi connectivity index (χ4v) is 1.95. The number of hydrogen-bond donors (Lipinski definition) is 2. The zero-order valence-corrected chi connectivity index (χ0v) is 11.2. The van der Waals surface area contributed by atoms with Crippen molar-refractivity contribution in [2.24, 2.45) is 0 Å². The minimum Gasteiger partial charge on any atom is -0.463 e. The Morgan fingerprint density at radius 2 is 2.10 bits per heavy atom. The molecule has 5 heteroatoms. The smallest absolute Gasteiger partial charge is 0.374 e. The summed E-state index contributed by atoms with van der Waals surface area (Å²) in [6.45, 7) is 0.372. The van der Waals surface area contributed by atoms with Crippen molar-refractivity contribution >= 4 is 5.97 Å². The van der Waals surface area contributed by atoms with Gasteiger partial charge in [0.2, 0.25) is 5.76 Å². The average Bonchev–Trinajstić information content (AvgIpc) is 2.96. The highest BCUT2D eigenvalue weighted by molar-refractivity contribution is 5.87. The van der Waals surface area contributed by atoms with E-state index in [-0.39, 0.29) is 18.4 Å². The van der Waals surface area contributed by atoms with Crippen LogP contribution in [-0.2, 0) is 11.3 Å². The SMILES string of the molecule is COC(=O)c1occc1CN[C@H](CO)c1ccccc1. The molecule has 0 aliphatic rings. The summed E-state index contributed by atoms with van der Waals surface area (Å²) in [5.74, 6) is -0.322. The number of aliphatic hydroxyl groups excluding tert-OH is 1. The molecule has 106 valence electrons. The summed E-state index contributed by atoms with van der Waals surface area (Å²) in [6.07, 6.45) is 1.44. The first-order valence-electron chi connectivity index (χ1n) is 6.30. The Morgan fingerprint density at radius 1 is 1.35 bits per heavy atom. The molecule has 1 heterocycles. The van der Waals surface area contributed by atoms with E-state index in [1.165, 1.54) is 13.4 Å². The molecular formula is C15H17NO4.